The molecule has 5 radical (unpaired) electrons. The van der Waals surface area contributed by atoms with Gasteiger partial charge in [-0.1, -0.05) is 6.92 Å². The summed E-state index contributed by atoms with van der Waals surface area (Å²) in [7, 11) is 3.47. The van der Waals surface area contributed by atoms with E-state index in [4.69, 9.17) is 0 Å². The van der Waals surface area contributed by atoms with E-state index in [9.17, 15) is 0 Å². The Bertz CT molecular complexity index is 15.1. The van der Waals surface area contributed by atoms with Gasteiger partial charge in [0.1, 0.15) is 0 Å². The van der Waals surface area contributed by atoms with E-state index >= 15 is 0 Å². The van der Waals surface area contributed by atoms with Gasteiger partial charge in [0, 0.05) is 0 Å². The molecular formula is C2H5OSi2. The molecule has 27 valence electrons. The zero-order valence-corrected chi connectivity index (χ0v) is 5.12. The van der Waals surface area contributed by atoms with Crippen molar-refractivity contribution in [1.29, 1.82) is 0 Å². The van der Waals surface area contributed by atoms with Gasteiger partial charge in [0.15, 0.2) is 0 Å². The van der Waals surface area contributed by atoms with Crippen molar-refractivity contribution in [3.63, 3.8) is 0 Å². The largest absolute Gasteiger partial charge is 0.458 e. The minimum Gasteiger partial charge on any atom is -0.458 e. The molecule has 0 amide bonds. The lowest BCUT2D eigenvalue weighted by molar-refractivity contribution is 0.663. The predicted molar refractivity (Wildman–Crippen MR) is 23.1 cm³/mol. The van der Waals surface area contributed by atoms with Gasteiger partial charge in [-0.05, 0) is 6.04 Å². The summed E-state index contributed by atoms with van der Waals surface area (Å²) in [6.45, 7) is 2.07. The molecule has 0 bridgehead atoms. The van der Waals surface area contributed by atoms with Gasteiger partial charge in [-0.2, -0.15) is 0 Å². The van der Waals surface area contributed by atoms with Crippen LogP contribution in [0.3, 0.4) is 0 Å². The predicted octanol–water partition coefficient (Wildman–Crippen LogP) is 0.144. The first kappa shape index (κ1) is 5.39. The Balaban J connectivity index is 2.19. The summed E-state index contributed by atoms with van der Waals surface area (Å²) >= 11 is 0. The molecule has 0 heterocycles. The first-order chi connectivity index (χ1) is 2.41. The molecule has 0 aliphatic rings. The van der Waals surface area contributed by atoms with Crippen LogP contribution in [0.15, 0.2) is 0 Å². The Kier molecular flexibility index (Phi) is 4.74. The Morgan fingerprint density at radius 1 is 2.00 bits per heavy atom. The molecule has 0 spiro atoms. The standard InChI is InChI=1S/C2H5OSi2/c1-2-5-3-4/h2H2,1H3. The summed E-state index contributed by atoms with van der Waals surface area (Å²) in [5, 5.41) is 0. The highest BCUT2D eigenvalue weighted by Crippen LogP contribution is 1.67. The van der Waals surface area contributed by atoms with Crippen molar-refractivity contribution in [3.05, 3.63) is 0 Å². The lowest BCUT2D eigenvalue weighted by Gasteiger charge is -1.80. The summed E-state index contributed by atoms with van der Waals surface area (Å²) in [5.41, 5.74) is 0. The molecule has 0 unspecified atom stereocenters. The maximum Gasteiger partial charge on any atom is 0.229 e. The van der Waals surface area contributed by atoms with Gasteiger partial charge < -0.3 is 4.12 Å². The van der Waals surface area contributed by atoms with Crippen LogP contribution in [0.5, 0.6) is 0 Å². The molecule has 0 aliphatic carbocycles. The van der Waals surface area contributed by atoms with Crippen molar-refractivity contribution < 1.29 is 4.12 Å². The smallest absolute Gasteiger partial charge is 0.229 e. The fourth-order valence-electron chi connectivity index (χ4n) is 0.0722. The summed E-state index contributed by atoms with van der Waals surface area (Å²) in [6, 6.07) is 1.10. The normalized spacial score (nSPS) is 8.40. The molecule has 0 aromatic carbocycles. The van der Waals surface area contributed by atoms with E-state index in [0.29, 0.717) is 9.76 Å². The Morgan fingerprint density at radius 2 is 2.60 bits per heavy atom. The molecule has 0 saturated carbocycles. The maximum atomic E-state index is 4.52. The van der Waals surface area contributed by atoms with Crippen LogP contribution in [0, 0.1) is 0 Å². The van der Waals surface area contributed by atoms with E-state index in [0.717, 1.165) is 6.04 Å². The van der Waals surface area contributed by atoms with Gasteiger partial charge in [-0.15, -0.1) is 0 Å². The van der Waals surface area contributed by atoms with Crippen molar-refractivity contribution in [3.8, 4) is 0 Å². The van der Waals surface area contributed by atoms with Crippen molar-refractivity contribution in [2.75, 3.05) is 0 Å². The van der Waals surface area contributed by atoms with Crippen LogP contribution in [-0.4, -0.2) is 20.2 Å². The van der Waals surface area contributed by atoms with E-state index in [-0.39, 0.29) is 0 Å². The summed E-state index contributed by atoms with van der Waals surface area (Å²) in [6.07, 6.45) is 0. The molecule has 0 aromatic rings. The monoisotopic (exact) mass is 101 g/mol. The molecule has 1 nitrogen and oxygen atoms in total. The average molecular weight is 101 g/mol. The fraction of sp³-hybridized carbons (Fsp3) is 1.00. The second-order valence-corrected chi connectivity index (χ2v) is 2.41. The van der Waals surface area contributed by atoms with Gasteiger partial charge in [0.25, 0.3) is 0 Å². The second kappa shape index (κ2) is 4.39. The second-order valence-electron chi connectivity index (χ2n) is 0.600. The van der Waals surface area contributed by atoms with E-state index in [1.54, 1.807) is 0 Å². The highest BCUT2D eigenvalue weighted by atomic mass is 28.3. The number of hydrogen-bond acceptors (Lipinski definition) is 1. The zero-order chi connectivity index (χ0) is 4.12. The molecule has 0 saturated heterocycles. The van der Waals surface area contributed by atoms with Gasteiger partial charge >= 0.3 is 0 Å². The van der Waals surface area contributed by atoms with Gasteiger partial charge in [0.05, 0.1) is 0 Å². The molecule has 5 heavy (non-hydrogen) atoms. The quantitative estimate of drug-likeness (QED) is 0.450. The molecule has 0 fully saturated rings. The lowest BCUT2D eigenvalue weighted by atomic mass is 11.0. The molecular weight excluding hydrogens is 96.2 g/mol. The average Bonchev–Trinajstić information content (AvgIpc) is 1.41. The fourth-order valence-corrected chi connectivity index (χ4v) is 0.650. The van der Waals surface area contributed by atoms with Crippen molar-refractivity contribution in [2.24, 2.45) is 0 Å². The van der Waals surface area contributed by atoms with Crippen LogP contribution in [0.4, 0.5) is 0 Å². The molecule has 0 atom stereocenters. The third-order valence-corrected chi connectivity index (χ3v) is 1.08. The number of rotatable bonds is 2. The lowest BCUT2D eigenvalue weighted by Crippen LogP contribution is -1.88. The minimum absolute atomic E-state index is 0.611. The highest BCUT2D eigenvalue weighted by molar-refractivity contribution is 6.33. The van der Waals surface area contributed by atoms with E-state index in [1.165, 1.54) is 0 Å². The first-order valence-electron chi connectivity index (χ1n) is 1.47. The summed E-state index contributed by atoms with van der Waals surface area (Å²) in [5.74, 6) is 0. The Hall–Kier alpha value is 0.394. The molecule has 0 aliphatic heterocycles. The topological polar surface area (TPSA) is 9.23 Å². The van der Waals surface area contributed by atoms with Gasteiger partial charge in [-0.25, -0.2) is 0 Å². The van der Waals surface area contributed by atoms with Crippen molar-refractivity contribution in [1.82, 2.24) is 0 Å². The molecule has 0 aromatic heterocycles. The van der Waals surface area contributed by atoms with Gasteiger partial charge in [-0.3, -0.25) is 0 Å². The Morgan fingerprint density at radius 3 is 2.60 bits per heavy atom. The van der Waals surface area contributed by atoms with E-state index in [2.05, 4.69) is 21.5 Å². The van der Waals surface area contributed by atoms with Crippen LogP contribution in [0.1, 0.15) is 6.92 Å². The maximum absolute atomic E-state index is 4.52. The van der Waals surface area contributed by atoms with Crippen molar-refractivity contribution >= 4 is 20.2 Å². The Labute approximate surface area is 38.2 Å². The third kappa shape index (κ3) is 4.39. The zero-order valence-electron chi connectivity index (χ0n) is 3.12. The van der Waals surface area contributed by atoms with Crippen LogP contribution < -0.4 is 0 Å². The van der Waals surface area contributed by atoms with E-state index < -0.39 is 0 Å². The van der Waals surface area contributed by atoms with Crippen LogP contribution in [-0.2, 0) is 4.12 Å². The third-order valence-electron chi connectivity index (χ3n) is 0.217. The van der Waals surface area contributed by atoms with Crippen LogP contribution in [0.25, 0.3) is 0 Å². The molecule has 0 rings (SSSR count). The van der Waals surface area contributed by atoms with E-state index in [1.807, 2.05) is 0 Å². The highest BCUT2D eigenvalue weighted by Gasteiger charge is 1.72. The molecule has 0 N–H and O–H groups in total. The SMILES string of the molecule is CC[Si]O[Si]. The van der Waals surface area contributed by atoms with Crippen LogP contribution in [0.2, 0.25) is 6.04 Å². The molecule has 3 heteroatoms. The first-order valence-corrected chi connectivity index (χ1v) is 2.99. The minimum atomic E-state index is 0.611. The summed E-state index contributed by atoms with van der Waals surface area (Å²) in [4.78, 5) is 0. The van der Waals surface area contributed by atoms with Gasteiger partial charge in [0.2, 0.25) is 20.2 Å². The summed E-state index contributed by atoms with van der Waals surface area (Å²) < 4.78 is 4.52. The van der Waals surface area contributed by atoms with Crippen LogP contribution >= 0.6 is 0 Å². The van der Waals surface area contributed by atoms with Crippen molar-refractivity contribution in [2.45, 2.75) is 13.0 Å². The number of hydrogen-bond donors (Lipinski definition) is 0.